The van der Waals surface area contributed by atoms with E-state index in [0.717, 1.165) is 31.2 Å². The van der Waals surface area contributed by atoms with Crippen molar-refractivity contribution in [3.8, 4) is 27.7 Å². The number of aromatic nitrogens is 5. The summed E-state index contributed by atoms with van der Waals surface area (Å²) in [7, 11) is 0. The summed E-state index contributed by atoms with van der Waals surface area (Å²) >= 11 is 9.33. The molecule has 5 rings (SSSR count). The molecule has 1 amide bonds. The number of nitrogens with zero attached hydrogens (tertiary/aromatic N) is 4. The minimum absolute atomic E-state index is 0.104. The average molecular weight is 457 g/mol. The maximum absolute atomic E-state index is 11.5. The molecule has 4 aromatic heterocycles. The van der Waals surface area contributed by atoms with Crippen LogP contribution in [0.5, 0.6) is 5.75 Å². The summed E-state index contributed by atoms with van der Waals surface area (Å²) in [5.74, 6) is 0.187. The summed E-state index contributed by atoms with van der Waals surface area (Å²) in [6.45, 7) is 0.524. The Morgan fingerprint density at radius 3 is 2.77 bits per heavy atom. The van der Waals surface area contributed by atoms with Gasteiger partial charge in [0.25, 0.3) is 5.91 Å². The number of carbonyl (C=O) groups is 1. The molecule has 0 spiro atoms. The number of thiophene rings is 2. The van der Waals surface area contributed by atoms with Crippen LogP contribution in [0.4, 0.5) is 0 Å². The van der Waals surface area contributed by atoms with Crippen molar-refractivity contribution in [3.05, 3.63) is 57.2 Å². The van der Waals surface area contributed by atoms with Gasteiger partial charge in [0.15, 0.2) is 0 Å². The maximum atomic E-state index is 11.5. The monoisotopic (exact) mass is 456 g/mol. The predicted molar refractivity (Wildman–Crippen MR) is 117 cm³/mol. The minimum atomic E-state index is -0.444. The zero-order chi connectivity index (χ0) is 20.8. The van der Waals surface area contributed by atoms with Crippen molar-refractivity contribution in [2.75, 3.05) is 0 Å². The Kier molecular flexibility index (Phi) is 4.54. The Hall–Kier alpha value is -3.21. The maximum Gasteiger partial charge on any atom is 0.258 e. The van der Waals surface area contributed by atoms with Crippen LogP contribution in [0.25, 0.3) is 32.2 Å². The van der Waals surface area contributed by atoms with E-state index < -0.39 is 5.91 Å². The Morgan fingerprint density at radius 1 is 1.20 bits per heavy atom. The van der Waals surface area contributed by atoms with Gasteiger partial charge in [-0.3, -0.25) is 4.79 Å². The molecule has 0 bridgehead atoms. The number of amides is 1. The molecule has 0 saturated carbocycles. The van der Waals surface area contributed by atoms with Gasteiger partial charge in [-0.2, -0.15) is 5.21 Å². The SMILES string of the molecule is NC(=O)c1ccc(Cn2c(-c3ccc(O)cc3Cl)cc3sc(-c4nn[nH]n4)cc32)s1. The molecule has 0 atom stereocenters. The molecular weight excluding hydrogens is 444 g/mol. The normalized spacial score (nSPS) is 11.4. The molecular formula is C19H13ClN6O2S2. The molecule has 5 aromatic rings. The number of nitrogens with two attached hydrogens (primary N) is 1. The number of rotatable bonds is 5. The average Bonchev–Trinajstić information content (AvgIpc) is 3.47. The molecule has 0 aliphatic carbocycles. The summed E-state index contributed by atoms with van der Waals surface area (Å²) < 4.78 is 3.14. The molecule has 11 heteroatoms. The fourth-order valence-electron chi connectivity index (χ4n) is 3.27. The molecule has 0 saturated heterocycles. The van der Waals surface area contributed by atoms with E-state index in [1.807, 2.05) is 18.2 Å². The number of phenolic OH excluding ortho intramolecular Hbond substituents is 1. The summed E-state index contributed by atoms with van der Waals surface area (Å²) in [5.41, 5.74) is 8.08. The molecule has 4 N–H and O–H groups in total. The fraction of sp³-hybridized carbons (Fsp3) is 0.0526. The second-order valence-corrected chi connectivity index (χ2v) is 9.16. The number of halogens is 1. The van der Waals surface area contributed by atoms with Gasteiger partial charge in [-0.05, 0) is 47.7 Å². The molecule has 0 fully saturated rings. The van der Waals surface area contributed by atoms with Crippen molar-refractivity contribution in [3.63, 3.8) is 0 Å². The van der Waals surface area contributed by atoms with Gasteiger partial charge in [0, 0.05) is 10.4 Å². The molecule has 0 aliphatic heterocycles. The summed E-state index contributed by atoms with van der Waals surface area (Å²) in [4.78, 5) is 13.9. The largest absolute Gasteiger partial charge is 0.508 e. The first kappa shape index (κ1) is 18.8. The van der Waals surface area contributed by atoms with Gasteiger partial charge in [-0.25, -0.2) is 0 Å². The number of fused-ring (bicyclic) bond motifs is 1. The first-order valence-electron chi connectivity index (χ1n) is 8.74. The van der Waals surface area contributed by atoms with E-state index in [1.165, 1.54) is 17.4 Å². The number of aromatic amines is 1. The summed E-state index contributed by atoms with van der Waals surface area (Å²) in [6.07, 6.45) is 0. The van der Waals surface area contributed by atoms with Crippen molar-refractivity contribution in [1.82, 2.24) is 25.2 Å². The lowest BCUT2D eigenvalue weighted by atomic mass is 10.1. The zero-order valence-corrected chi connectivity index (χ0v) is 17.6. The van der Waals surface area contributed by atoms with Gasteiger partial charge in [0.05, 0.1) is 37.2 Å². The lowest BCUT2D eigenvalue weighted by Gasteiger charge is -2.11. The number of tetrazole rings is 1. The lowest BCUT2D eigenvalue weighted by molar-refractivity contribution is 0.100. The number of hydrogen-bond acceptors (Lipinski definition) is 7. The van der Waals surface area contributed by atoms with Crippen molar-refractivity contribution < 1.29 is 9.90 Å². The molecule has 8 nitrogen and oxygen atoms in total. The highest BCUT2D eigenvalue weighted by Gasteiger charge is 2.19. The van der Waals surface area contributed by atoms with Crippen LogP contribution in [0.2, 0.25) is 5.02 Å². The van der Waals surface area contributed by atoms with Gasteiger partial charge < -0.3 is 15.4 Å². The van der Waals surface area contributed by atoms with Crippen LogP contribution in [0, 0.1) is 0 Å². The van der Waals surface area contributed by atoms with E-state index in [0.29, 0.717) is 22.3 Å². The Morgan fingerprint density at radius 2 is 2.07 bits per heavy atom. The van der Waals surface area contributed by atoms with Gasteiger partial charge >= 0.3 is 0 Å². The summed E-state index contributed by atoms with van der Waals surface area (Å²) in [5, 5.41) is 24.4. The van der Waals surface area contributed by atoms with Crippen LogP contribution < -0.4 is 5.73 Å². The molecule has 1 aromatic carbocycles. The van der Waals surface area contributed by atoms with Crippen LogP contribution in [0.3, 0.4) is 0 Å². The van der Waals surface area contributed by atoms with Gasteiger partial charge in [-0.15, -0.1) is 32.9 Å². The Balaban J connectivity index is 1.67. The second kappa shape index (κ2) is 7.24. The third-order valence-electron chi connectivity index (χ3n) is 4.60. The number of hydrogen-bond donors (Lipinski definition) is 3. The fourth-order valence-corrected chi connectivity index (χ4v) is 5.42. The molecule has 0 unspecified atom stereocenters. The number of aromatic hydroxyl groups is 1. The van der Waals surface area contributed by atoms with E-state index in [9.17, 15) is 9.90 Å². The predicted octanol–water partition coefficient (Wildman–Crippen LogP) is 4.12. The minimum Gasteiger partial charge on any atom is -0.508 e. The molecule has 150 valence electrons. The number of phenols is 1. The van der Waals surface area contributed by atoms with Crippen molar-refractivity contribution in [2.45, 2.75) is 6.54 Å². The van der Waals surface area contributed by atoms with Crippen molar-refractivity contribution >= 4 is 50.4 Å². The zero-order valence-electron chi connectivity index (χ0n) is 15.2. The Bertz CT molecular complexity index is 1390. The van der Waals surface area contributed by atoms with E-state index in [2.05, 4.69) is 25.2 Å². The first-order valence-corrected chi connectivity index (χ1v) is 10.7. The standard InChI is InChI=1S/C19H13ClN6O2S2/c20-12-5-9(27)1-3-11(12)13-6-16-14(7-17(30-16)19-22-24-25-23-19)26(13)8-10-2-4-15(29-10)18(21)28/h1-7,27H,8H2,(H2,21,28)(H,22,23,24,25). The van der Waals surface area contributed by atoms with Crippen LogP contribution in [0.15, 0.2) is 42.5 Å². The smallest absolute Gasteiger partial charge is 0.258 e. The molecule has 0 radical (unpaired) electrons. The van der Waals surface area contributed by atoms with E-state index in [1.54, 1.807) is 29.5 Å². The molecule has 30 heavy (non-hydrogen) atoms. The topological polar surface area (TPSA) is 123 Å². The Labute approximate surface area is 182 Å². The quantitative estimate of drug-likeness (QED) is 0.367. The first-order chi connectivity index (χ1) is 14.5. The summed E-state index contributed by atoms with van der Waals surface area (Å²) in [6, 6.07) is 12.6. The van der Waals surface area contributed by atoms with E-state index in [-0.39, 0.29) is 5.75 Å². The number of benzene rings is 1. The van der Waals surface area contributed by atoms with Crippen molar-refractivity contribution in [2.24, 2.45) is 5.73 Å². The van der Waals surface area contributed by atoms with Gasteiger partial charge in [0.1, 0.15) is 5.75 Å². The highest BCUT2D eigenvalue weighted by Crippen LogP contribution is 2.40. The van der Waals surface area contributed by atoms with Crippen LogP contribution in [-0.2, 0) is 6.54 Å². The molecule has 4 heterocycles. The van der Waals surface area contributed by atoms with Crippen LogP contribution >= 0.6 is 34.3 Å². The number of nitrogens with one attached hydrogen (secondary N) is 1. The lowest BCUT2D eigenvalue weighted by Crippen LogP contribution is -2.08. The second-order valence-electron chi connectivity index (χ2n) is 6.51. The van der Waals surface area contributed by atoms with Crippen molar-refractivity contribution in [1.29, 1.82) is 0 Å². The highest BCUT2D eigenvalue weighted by molar-refractivity contribution is 7.22. The highest BCUT2D eigenvalue weighted by atomic mass is 35.5. The van der Waals surface area contributed by atoms with E-state index >= 15 is 0 Å². The molecule has 0 aliphatic rings. The van der Waals surface area contributed by atoms with E-state index in [4.69, 9.17) is 17.3 Å². The number of carbonyl (C=O) groups excluding carboxylic acids is 1. The third kappa shape index (κ3) is 3.24. The third-order valence-corrected chi connectivity index (χ3v) is 7.07. The number of H-pyrrole nitrogens is 1. The van der Waals surface area contributed by atoms with Gasteiger partial charge in [0.2, 0.25) is 5.82 Å². The van der Waals surface area contributed by atoms with Crippen LogP contribution in [0.1, 0.15) is 14.5 Å². The van der Waals surface area contributed by atoms with Gasteiger partial charge in [-0.1, -0.05) is 11.6 Å². The number of primary amides is 1. The van der Waals surface area contributed by atoms with Crippen LogP contribution in [-0.4, -0.2) is 36.2 Å².